The van der Waals surface area contributed by atoms with Crippen LogP contribution in [0, 0.1) is 0 Å². The van der Waals surface area contributed by atoms with E-state index < -0.39 is 0 Å². The Kier molecular flexibility index (Phi) is 9.74. The third-order valence-corrected chi connectivity index (χ3v) is 5.02. The summed E-state index contributed by atoms with van der Waals surface area (Å²) < 4.78 is 11.8. The maximum absolute atomic E-state index is 12.5. The van der Waals surface area contributed by atoms with Gasteiger partial charge in [0.15, 0.2) is 5.88 Å². The molecule has 152 valence electrons. The summed E-state index contributed by atoms with van der Waals surface area (Å²) in [5.41, 5.74) is 1.19. The maximum atomic E-state index is 12.5. The zero-order valence-electron chi connectivity index (χ0n) is 17.4. The molecule has 1 aromatic carbocycles. The van der Waals surface area contributed by atoms with Crippen molar-refractivity contribution in [3.8, 4) is 0 Å². The van der Waals surface area contributed by atoms with Crippen molar-refractivity contribution in [2.45, 2.75) is 71.1 Å². The topological polar surface area (TPSA) is 38.8 Å². The van der Waals surface area contributed by atoms with Crippen molar-refractivity contribution in [2.75, 3.05) is 6.61 Å². The van der Waals surface area contributed by atoms with Gasteiger partial charge < -0.3 is 9.39 Å². The Balaban J connectivity index is 2.17. The maximum Gasteiger partial charge on any atom is 0.417 e. The largest absolute Gasteiger partial charge is 0.549 e. The molecule has 0 bridgehead atoms. The predicted octanol–water partition coefficient (Wildman–Crippen LogP) is 6.08. The summed E-state index contributed by atoms with van der Waals surface area (Å²) in [5.74, 6) is 0.625. The van der Waals surface area contributed by atoms with Crippen LogP contribution in [0.3, 0.4) is 0 Å². The zero-order valence-corrected chi connectivity index (χ0v) is 17.4. The van der Waals surface area contributed by atoms with Crippen LogP contribution in [-0.4, -0.2) is 30.6 Å². The molecule has 5 heteroatoms. The summed E-state index contributed by atoms with van der Waals surface area (Å²) in [6.45, 7) is 8.71. The van der Waals surface area contributed by atoms with E-state index in [-0.39, 0.29) is 19.1 Å². The summed E-state index contributed by atoms with van der Waals surface area (Å²) in [7, 11) is 0. The Morgan fingerprint density at radius 3 is 2.54 bits per heavy atom. The van der Waals surface area contributed by atoms with Gasteiger partial charge in [0, 0.05) is 0 Å². The van der Waals surface area contributed by atoms with E-state index in [1.54, 1.807) is 4.90 Å². The molecule has 0 radical (unpaired) electrons. The smallest absolute Gasteiger partial charge is 0.417 e. The minimum absolute atomic E-state index is 0.0519. The minimum atomic E-state index is -0.319. The molecule has 1 aromatic rings. The second-order valence-corrected chi connectivity index (χ2v) is 7.38. The van der Waals surface area contributed by atoms with Gasteiger partial charge in [-0.2, -0.15) is 0 Å². The fourth-order valence-corrected chi connectivity index (χ4v) is 3.45. The SMILES string of the molecule is C=CC/C=C(\OB(CCCC)CCCC)N1C(=O)OC[C@@H]1Cc1ccccc1. The van der Waals surface area contributed by atoms with E-state index in [0.717, 1.165) is 44.7 Å². The highest BCUT2D eigenvalue weighted by Crippen LogP contribution is 2.26. The first-order valence-electron chi connectivity index (χ1n) is 10.7. The van der Waals surface area contributed by atoms with Crippen molar-refractivity contribution in [2.24, 2.45) is 0 Å². The summed E-state index contributed by atoms with van der Waals surface area (Å²) >= 11 is 0. The van der Waals surface area contributed by atoms with E-state index in [1.807, 2.05) is 30.4 Å². The Morgan fingerprint density at radius 2 is 1.93 bits per heavy atom. The highest BCUT2D eigenvalue weighted by Gasteiger charge is 2.37. The van der Waals surface area contributed by atoms with E-state index in [4.69, 9.17) is 9.39 Å². The van der Waals surface area contributed by atoms with Crippen LogP contribution in [-0.2, 0) is 15.8 Å². The average molecular weight is 383 g/mol. The number of amides is 1. The molecular weight excluding hydrogens is 349 g/mol. The van der Waals surface area contributed by atoms with Gasteiger partial charge in [-0.1, -0.05) is 75.9 Å². The molecule has 1 aliphatic heterocycles. The highest BCUT2D eigenvalue weighted by molar-refractivity contribution is 6.52. The Morgan fingerprint density at radius 1 is 1.25 bits per heavy atom. The van der Waals surface area contributed by atoms with E-state index in [1.165, 1.54) is 5.56 Å². The van der Waals surface area contributed by atoms with Crippen LogP contribution >= 0.6 is 0 Å². The van der Waals surface area contributed by atoms with Crippen molar-refractivity contribution in [1.82, 2.24) is 4.90 Å². The molecule has 0 aliphatic carbocycles. The van der Waals surface area contributed by atoms with Crippen LogP contribution in [0.15, 0.2) is 54.9 Å². The summed E-state index contributed by atoms with van der Waals surface area (Å²) in [6, 6.07) is 10.2. The van der Waals surface area contributed by atoms with Crippen molar-refractivity contribution in [3.63, 3.8) is 0 Å². The Hall–Kier alpha value is -2.17. The predicted molar refractivity (Wildman–Crippen MR) is 116 cm³/mol. The third-order valence-electron chi connectivity index (χ3n) is 5.02. The number of benzene rings is 1. The van der Waals surface area contributed by atoms with E-state index >= 15 is 0 Å². The second-order valence-electron chi connectivity index (χ2n) is 7.38. The van der Waals surface area contributed by atoms with Gasteiger partial charge in [-0.15, -0.1) is 6.58 Å². The first kappa shape index (κ1) is 22.1. The number of ether oxygens (including phenoxy) is 1. The number of cyclic esters (lactones) is 1. The van der Waals surface area contributed by atoms with E-state index in [0.29, 0.717) is 18.9 Å². The number of allylic oxidation sites excluding steroid dienone is 2. The lowest BCUT2D eigenvalue weighted by atomic mass is 9.59. The molecule has 28 heavy (non-hydrogen) atoms. The van der Waals surface area contributed by atoms with Crippen LogP contribution < -0.4 is 0 Å². The molecule has 1 atom stereocenters. The van der Waals surface area contributed by atoms with E-state index in [9.17, 15) is 4.79 Å². The highest BCUT2D eigenvalue weighted by atomic mass is 16.6. The van der Waals surface area contributed by atoms with Crippen LogP contribution in [0.4, 0.5) is 4.79 Å². The summed E-state index contributed by atoms with van der Waals surface area (Å²) in [5, 5.41) is 0. The van der Waals surface area contributed by atoms with Gasteiger partial charge >= 0.3 is 13.0 Å². The number of carbonyl (C=O) groups is 1. The lowest BCUT2D eigenvalue weighted by molar-refractivity contribution is 0.151. The molecule has 1 fully saturated rings. The zero-order chi connectivity index (χ0) is 20.2. The molecule has 1 saturated heterocycles. The number of hydrogen-bond donors (Lipinski definition) is 0. The van der Waals surface area contributed by atoms with Gasteiger partial charge in [0.25, 0.3) is 0 Å². The van der Waals surface area contributed by atoms with Crippen LogP contribution in [0.25, 0.3) is 0 Å². The number of unbranched alkanes of at least 4 members (excludes halogenated alkanes) is 2. The molecule has 0 spiro atoms. The lowest BCUT2D eigenvalue weighted by Gasteiger charge is -2.27. The van der Waals surface area contributed by atoms with Gasteiger partial charge in [0.05, 0.1) is 6.04 Å². The average Bonchev–Trinajstić information content (AvgIpc) is 3.07. The van der Waals surface area contributed by atoms with Gasteiger partial charge in [0.2, 0.25) is 0 Å². The number of hydrogen-bond acceptors (Lipinski definition) is 3. The Bertz CT molecular complexity index is 624. The lowest BCUT2D eigenvalue weighted by Crippen LogP contribution is -2.37. The van der Waals surface area contributed by atoms with Gasteiger partial charge in [-0.3, -0.25) is 0 Å². The molecule has 0 aromatic heterocycles. The first-order chi connectivity index (χ1) is 13.7. The molecule has 1 aliphatic rings. The second kappa shape index (κ2) is 12.3. The minimum Gasteiger partial charge on any atom is -0.549 e. The number of carbonyl (C=O) groups excluding carboxylic acids is 1. The third kappa shape index (κ3) is 6.77. The summed E-state index contributed by atoms with van der Waals surface area (Å²) in [6.07, 6.45) is 11.4. The number of rotatable bonds is 13. The fourth-order valence-electron chi connectivity index (χ4n) is 3.45. The fraction of sp³-hybridized carbons (Fsp3) is 0.522. The Labute approximate surface area is 170 Å². The van der Waals surface area contributed by atoms with E-state index in [2.05, 4.69) is 32.6 Å². The molecular formula is C23H34BNO3. The van der Waals surface area contributed by atoms with Crippen LogP contribution in [0.2, 0.25) is 12.6 Å². The molecule has 1 amide bonds. The number of nitrogens with zero attached hydrogens (tertiary/aromatic N) is 1. The quantitative estimate of drug-likeness (QED) is 0.236. The van der Waals surface area contributed by atoms with Crippen molar-refractivity contribution < 1.29 is 14.2 Å². The molecule has 1 heterocycles. The van der Waals surface area contributed by atoms with Crippen molar-refractivity contribution in [1.29, 1.82) is 0 Å². The van der Waals surface area contributed by atoms with Gasteiger partial charge in [-0.05, 0) is 37.1 Å². The van der Waals surface area contributed by atoms with Gasteiger partial charge in [0.1, 0.15) is 6.61 Å². The first-order valence-corrected chi connectivity index (χ1v) is 10.7. The van der Waals surface area contributed by atoms with Crippen molar-refractivity contribution in [3.05, 3.63) is 60.5 Å². The summed E-state index contributed by atoms with van der Waals surface area (Å²) in [4.78, 5) is 14.3. The molecule has 0 N–H and O–H groups in total. The monoisotopic (exact) mass is 383 g/mol. The standard InChI is InChI=1S/C23H34BNO3/c1-4-7-15-22(28-24(16-8-5-2)17-9-6-3)25-21(19-27-23(25)26)18-20-13-11-10-12-14-20/h4,10-15,21H,1,5-9,16-19H2,2-3H3/b22-15-/t21-/m0/s1. The van der Waals surface area contributed by atoms with Gasteiger partial charge in [-0.25, -0.2) is 9.69 Å². The van der Waals surface area contributed by atoms with Crippen molar-refractivity contribution >= 4 is 13.0 Å². The molecule has 0 unspecified atom stereocenters. The molecule has 4 nitrogen and oxygen atoms in total. The van der Waals surface area contributed by atoms with Crippen LogP contribution in [0.5, 0.6) is 0 Å². The normalized spacial score (nSPS) is 16.8. The van der Waals surface area contributed by atoms with Crippen LogP contribution in [0.1, 0.15) is 51.5 Å². The molecule has 2 rings (SSSR count). The molecule has 0 saturated carbocycles.